The number of carbonyl (C=O) groups excluding carboxylic acids is 1. The minimum atomic E-state index is -0.595. The quantitative estimate of drug-likeness (QED) is 0.513. The van der Waals surface area contributed by atoms with Crippen molar-refractivity contribution in [2.45, 2.75) is 32.9 Å². The molecule has 0 unspecified atom stereocenters. The second kappa shape index (κ2) is 5.79. The summed E-state index contributed by atoms with van der Waals surface area (Å²) < 4.78 is 5.23. The van der Waals surface area contributed by atoms with Crippen LogP contribution in [0.5, 0.6) is 0 Å². The SMILES string of the molecule is CNCc1cc(C(=O)OC(C)(C)C)ccc1[N+](=O)[O-]. The summed E-state index contributed by atoms with van der Waals surface area (Å²) in [6, 6.07) is 4.22. The molecule has 0 aromatic heterocycles. The van der Waals surface area contributed by atoms with Crippen LogP contribution < -0.4 is 5.32 Å². The Bertz CT molecular complexity index is 492. The number of hydrogen-bond donors (Lipinski definition) is 1. The van der Waals surface area contributed by atoms with Gasteiger partial charge in [0.25, 0.3) is 5.69 Å². The molecule has 0 aliphatic heterocycles. The topological polar surface area (TPSA) is 81.5 Å². The molecule has 6 heteroatoms. The Morgan fingerprint density at radius 3 is 2.53 bits per heavy atom. The maximum absolute atomic E-state index is 11.9. The third-order valence-corrected chi connectivity index (χ3v) is 2.28. The Hall–Kier alpha value is -1.95. The zero-order valence-corrected chi connectivity index (χ0v) is 11.5. The number of rotatable bonds is 4. The van der Waals surface area contributed by atoms with Gasteiger partial charge in [0.15, 0.2) is 0 Å². The van der Waals surface area contributed by atoms with E-state index in [1.165, 1.54) is 18.2 Å². The smallest absolute Gasteiger partial charge is 0.338 e. The number of nitrogens with zero attached hydrogens (tertiary/aromatic N) is 1. The number of hydrogen-bond acceptors (Lipinski definition) is 5. The highest BCUT2D eigenvalue weighted by Gasteiger charge is 2.21. The van der Waals surface area contributed by atoms with Gasteiger partial charge in [0.2, 0.25) is 0 Å². The minimum Gasteiger partial charge on any atom is -0.456 e. The lowest BCUT2D eigenvalue weighted by Crippen LogP contribution is -2.24. The average Bonchev–Trinajstić information content (AvgIpc) is 2.26. The highest BCUT2D eigenvalue weighted by Crippen LogP contribution is 2.21. The molecule has 0 saturated heterocycles. The summed E-state index contributed by atoms with van der Waals surface area (Å²) in [4.78, 5) is 22.3. The normalized spacial score (nSPS) is 11.2. The minimum absolute atomic E-state index is 0.0124. The zero-order chi connectivity index (χ0) is 14.6. The standard InChI is InChI=1S/C13H18N2O4/c1-13(2,3)19-12(16)9-5-6-11(15(17)18)10(7-9)8-14-4/h5-7,14H,8H2,1-4H3. The number of benzene rings is 1. The molecule has 0 bridgehead atoms. The maximum atomic E-state index is 11.9. The number of nitrogens with one attached hydrogen (secondary N) is 1. The molecule has 0 fully saturated rings. The van der Waals surface area contributed by atoms with Crippen LogP contribution >= 0.6 is 0 Å². The van der Waals surface area contributed by atoms with Crippen molar-refractivity contribution in [3.8, 4) is 0 Å². The van der Waals surface area contributed by atoms with Gasteiger partial charge >= 0.3 is 5.97 Å². The van der Waals surface area contributed by atoms with Crippen LogP contribution in [0.15, 0.2) is 18.2 Å². The van der Waals surface area contributed by atoms with Crippen molar-refractivity contribution in [2.24, 2.45) is 0 Å². The third-order valence-electron chi connectivity index (χ3n) is 2.28. The van der Waals surface area contributed by atoms with Crippen molar-refractivity contribution in [2.75, 3.05) is 7.05 Å². The first-order chi connectivity index (χ1) is 8.74. The first-order valence-corrected chi connectivity index (χ1v) is 5.90. The van der Waals surface area contributed by atoms with Gasteiger partial charge in [0, 0.05) is 18.2 Å². The molecule has 104 valence electrons. The second-order valence-electron chi connectivity index (χ2n) is 5.13. The molecular formula is C13H18N2O4. The molecule has 0 atom stereocenters. The molecular weight excluding hydrogens is 248 g/mol. The van der Waals surface area contributed by atoms with Crippen LogP contribution in [-0.4, -0.2) is 23.5 Å². The van der Waals surface area contributed by atoms with E-state index in [4.69, 9.17) is 4.74 Å². The first kappa shape index (κ1) is 15.1. The maximum Gasteiger partial charge on any atom is 0.338 e. The molecule has 0 aliphatic carbocycles. The fourth-order valence-corrected chi connectivity index (χ4v) is 1.56. The Balaban J connectivity index is 3.08. The third kappa shape index (κ3) is 4.33. The number of esters is 1. The van der Waals surface area contributed by atoms with Gasteiger partial charge in [-0.3, -0.25) is 10.1 Å². The fraction of sp³-hybridized carbons (Fsp3) is 0.462. The molecule has 1 rings (SSSR count). The van der Waals surface area contributed by atoms with E-state index >= 15 is 0 Å². The summed E-state index contributed by atoms with van der Waals surface area (Å²) in [5, 5.41) is 13.7. The molecule has 1 N–H and O–H groups in total. The average molecular weight is 266 g/mol. The molecule has 6 nitrogen and oxygen atoms in total. The van der Waals surface area contributed by atoms with Crippen molar-refractivity contribution in [1.82, 2.24) is 5.32 Å². The highest BCUT2D eigenvalue weighted by molar-refractivity contribution is 5.90. The summed E-state index contributed by atoms with van der Waals surface area (Å²) in [5.41, 5.74) is 0.158. The van der Waals surface area contributed by atoms with Gasteiger partial charge in [-0.25, -0.2) is 4.79 Å². The number of nitro benzene ring substituents is 1. The van der Waals surface area contributed by atoms with Gasteiger partial charge in [-0.2, -0.15) is 0 Å². The molecule has 0 amide bonds. The molecule has 0 radical (unpaired) electrons. The predicted octanol–water partition coefficient (Wildman–Crippen LogP) is 2.27. The van der Waals surface area contributed by atoms with Crippen LogP contribution in [-0.2, 0) is 11.3 Å². The van der Waals surface area contributed by atoms with E-state index < -0.39 is 16.5 Å². The molecule has 0 heterocycles. The Labute approximate surface area is 111 Å². The van der Waals surface area contributed by atoms with E-state index in [0.717, 1.165) is 0 Å². The number of carbonyl (C=O) groups is 1. The fourth-order valence-electron chi connectivity index (χ4n) is 1.56. The number of ether oxygens (including phenoxy) is 1. The van der Waals surface area contributed by atoms with Crippen molar-refractivity contribution in [1.29, 1.82) is 0 Å². The van der Waals surface area contributed by atoms with Crippen LogP contribution in [0.3, 0.4) is 0 Å². The van der Waals surface area contributed by atoms with Crippen LogP contribution in [0.1, 0.15) is 36.7 Å². The van der Waals surface area contributed by atoms with Crippen molar-refractivity contribution in [3.05, 3.63) is 39.4 Å². The van der Waals surface area contributed by atoms with E-state index in [9.17, 15) is 14.9 Å². The molecule has 1 aromatic rings. The number of nitro groups is 1. The molecule has 0 spiro atoms. The van der Waals surface area contributed by atoms with Gasteiger partial charge in [0.1, 0.15) is 5.60 Å². The van der Waals surface area contributed by atoms with E-state index in [1.54, 1.807) is 27.8 Å². The first-order valence-electron chi connectivity index (χ1n) is 5.90. The summed E-state index contributed by atoms with van der Waals surface area (Å²) in [7, 11) is 1.68. The van der Waals surface area contributed by atoms with Crippen LogP contribution in [0.2, 0.25) is 0 Å². The van der Waals surface area contributed by atoms with Crippen molar-refractivity contribution in [3.63, 3.8) is 0 Å². The van der Waals surface area contributed by atoms with Gasteiger partial charge in [0.05, 0.1) is 10.5 Å². The molecule has 19 heavy (non-hydrogen) atoms. The van der Waals surface area contributed by atoms with Gasteiger partial charge in [-0.15, -0.1) is 0 Å². The van der Waals surface area contributed by atoms with E-state index in [1.807, 2.05) is 0 Å². The van der Waals surface area contributed by atoms with Gasteiger partial charge < -0.3 is 10.1 Å². The second-order valence-corrected chi connectivity index (χ2v) is 5.13. The lowest BCUT2D eigenvalue weighted by atomic mass is 10.1. The zero-order valence-electron chi connectivity index (χ0n) is 11.5. The largest absolute Gasteiger partial charge is 0.456 e. The van der Waals surface area contributed by atoms with E-state index in [-0.39, 0.29) is 5.69 Å². The molecule has 0 saturated carbocycles. The van der Waals surface area contributed by atoms with Gasteiger partial charge in [-0.1, -0.05) is 0 Å². The van der Waals surface area contributed by atoms with Crippen molar-refractivity contribution < 1.29 is 14.5 Å². The van der Waals surface area contributed by atoms with Crippen LogP contribution in [0.4, 0.5) is 5.69 Å². The lowest BCUT2D eigenvalue weighted by molar-refractivity contribution is -0.385. The van der Waals surface area contributed by atoms with Crippen LogP contribution in [0, 0.1) is 10.1 Å². The predicted molar refractivity (Wildman–Crippen MR) is 71.0 cm³/mol. The summed E-state index contributed by atoms with van der Waals surface area (Å²) >= 11 is 0. The van der Waals surface area contributed by atoms with Crippen molar-refractivity contribution >= 4 is 11.7 Å². The van der Waals surface area contributed by atoms with E-state index in [0.29, 0.717) is 17.7 Å². The summed E-state index contributed by atoms with van der Waals surface area (Å²) in [6.45, 7) is 5.62. The van der Waals surface area contributed by atoms with Gasteiger partial charge in [-0.05, 0) is 40.0 Å². The Morgan fingerprint density at radius 2 is 2.05 bits per heavy atom. The Morgan fingerprint density at radius 1 is 1.42 bits per heavy atom. The molecule has 1 aromatic carbocycles. The molecule has 0 aliphatic rings. The Kier molecular flexibility index (Phi) is 4.61. The lowest BCUT2D eigenvalue weighted by Gasteiger charge is -2.19. The van der Waals surface area contributed by atoms with E-state index in [2.05, 4.69) is 5.32 Å². The highest BCUT2D eigenvalue weighted by atomic mass is 16.6. The summed E-state index contributed by atoms with van der Waals surface area (Å²) in [5.74, 6) is -0.486. The monoisotopic (exact) mass is 266 g/mol. The van der Waals surface area contributed by atoms with Crippen LogP contribution in [0.25, 0.3) is 0 Å². The summed E-state index contributed by atoms with van der Waals surface area (Å²) in [6.07, 6.45) is 0.